The van der Waals surface area contributed by atoms with Gasteiger partial charge in [-0.1, -0.05) is 6.07 Å². The van der Waals surface area contributed by atoms with Crippen molar-refractivity contribution in [1.29, 1.82) is 0 Å². The van der Waals surface area contributed by atoms with Gasteiger partial charge in [0.15, 0.2) is 17.4 Å². The van der Waals surface area contributed by atoms with Crippen molar-refractivity contribution >= 4 is 11.8 Å². The molecule has 8 heteroatoms. The Morgan fingerprint density at radius 2 is 2.00 bits per heavy atom. The summed E-state index contributed by atoms with van der Waals surface area (Å²) in [5.41, 5.74) is 5.54. The molecule has 2 aromatic rings. The van der Waals surface area contributed by atoms with Crippen molar-refractivity contribution in [2.75, 3.05) is 6.54 Å². The van der Waals surface area contributed by atoms with Crippen LogP contribution in [-0.2, 0) is 0 Å². The quantitative estimate of drug-likeness (QED) is 0.890. The Bertz CT molecular complexity index is 805. The van der Waals surface area contributed by atoms with Crippen molar-refractivity contribution in [2.45, 2.75) is 18.6 Å². The number of β-amino-alcohol motifs (C(OH)–C–C–N with tert-alkyl or cyclic N) is 1. The molecule has 1 aromatic carbocycles. The molecule has 1 aromatic heterocycles. The molecule has 0 radical (unpaired) electrons. The second-order valence-electron chi connectivity index (χ2n) is 5.60. The monoisotopic (exact) mass is 336 g/mol. The lowest BCUT2D eigenvalue weighted by Crippen LogP contribution is -2.31. The highest BCUT2D eigenvalue weighted by Gasteiger charge is 2.36. The second-order valence-corrected chi connectivity index (χ2v) is 5.60. The molecule has 0 unspecified atom stereocenters. The topological polar surface area (TPSA) is 96.8 Å². The van der Waals surface area contributed by atoms with Crippen molar-refractivity contribution in [3.8, 4) is 0 Å². The summed E-state index contributed by atoms with van der Waals surface area (Å²) in [7, 11) is 0. The van der Waals surface area contributed by atoms with Crippen LogP contribution in [0.25, 0.3) is 0 Å². The minimum absolute atomic E-state index is 0.0274. The molecule has 126 valence electrons. The van der Waals surface area contributed by atoms with Crippen LogP contribution in [0.2, 0.25) is 0 Å². The average Bonchev–Trinajstić information content (AvgIpc) is 3.16. The molecule has 2 atom stereocenters. The maximum atomic E-state index is 13.5. The Balaban J connectivity index is 1.90. The summed E-state index contributed by atoms with van der Waals surface area (Å²) in [6.07, 6.45) is 0.488. The molecule has 1 aliphatic heterocycles. The molecule has 3 N–H and O–H groups in total. The number of amides is 2. The summed E-state index contributed by atoms with van der Waals surface area (Å²) in [5, 5.41) is 9.89. The molecule has 0 spiro atoms. The summed E-state index contributed by atoms with van der Waals surface area (Å²) in [6.45, 7) is 0.0274. The number of primary amides is 1. The van der Waals surface area contributed by atoms with Crippen molar-refractivity contribution in [3.05, 3.63) is 59.1 Å². The van der Waals surface area contributed by atoms with E-state index in [-0.39, 0.29) is 24.3 Å². The zero-order chi connectivity index (χ0) is 17.4. The molecular formula is C16H14F2N2O4. The van der Waals surface area contributed by atoms with Gasteiger partial charge in [0.05, 0.1) is 17.7 Å². The minimum atomic E-state index is -1.03. The molecular weight excluding hydrogens is 322 g/mol. The number of benzene rings is 1. The molecule has 2 heterocycles. The minimum Gasteiger partial charge on any atom is -0.458 e. The number of halogens is 2. The van der Waals surface area contributed by atoms with Crippen LogP contribution in [0.3, 0.4) is 0 Å². The van der Waals surface area contributed by atoms with E-state index in [0.717, 1.165) is 18.4 Å². The van der Waals surface area contributed by atoms with Gasteiger partial charge in [-0.05, 0) is 24.1 Å². The van der Waals surface area contributed by atoms with Crippen molar-refractivity contribution < 1.29 is 27.9 Å². The molecule has 1 saturated heterocycles. The van der Waals surface area contributed by atoms with Crippen LogP contribution in [0, 0.1) is 11.6 Å². The van der Waals surface area contributed by atoms with E-state index < -0.39 is 35.6 Å². The SMILES string of the molecule is NC(=O)c1cc(C(=O)N2C[C@H](O)C[C@H]2c2ccc(F)c(F)c2)co1. The Morgan fingerprint density at radius 1 is 1.25 bits per heavy atom. The Morgan fingerprint density at radius 3 is 2.62 bits per heavy atom. The molecule has 1 aliphatic rings. The van der Waals surface area contributed by atoms with E-state index in [1.165, 1.54) is 17.0 Å². The van der Waals surface area contributed by atoms with Crippen molar-refractivity contribution in [3.63, 3.8) is 0 Å². The van der Waals surface area contributed by atoms with Gasteiger partial charge in [0.2, 0.25) is 0 Å². The largest absolute Gasteiger partial charge is 0.458 e. The highest BCUT2D eigenvalue weighted by atomic mass is 19.2. The number of hydrogen-bond donors (Lipinski definition) is 2. The van der Waals surface area contributed by atoms with Gasteiger partial charge in [-0.2, -0.15) is 0 Å². The van der Waals surface area contributed by atoms with E-state index in [1.54, 1.807) is 0 Å². The summed E-state index contributed by atoms with van der Waals surface area (Å²) < 4.78 is 31.5. The van der Waals surface area contributed by atoms with Crippen LogP contribution >= 0.6 is 0 Å². The molecule has 0 aliphatic carbocycles. The molecule has 1 fully saturated rings. The summed E-state index contributed by atoms with van der Waals surface area (Å²) in [6, 6.07) is 3.93. The number of rotatable bonds is 3. The third-order valence-corrected chi connectivity index (χ3v) is 3.96. The van der Waals surface area contributed by atoms with Crippen molar-refractivity contribution in [1.82, 2.24) is 4.90 Å². The highest BCUT2D eigenvalue weighted by molar-refractivity contribution is 5.98. The zero-order valence-corrected chi connectivity index (χ0v) is 12.4. The van der Waals surface area contributed by atoms with Crippen LogP contribution < -0.4 is 5.73 Å². The fourth-order valence-electron chi connectivity index (χ4n) is 2.82. The first-order valence-corrected chi connectivity index (χ1v) is 7.19. The van der Waals surface area contributed by atoms with Crippen LogP contribution in [0.15, 0.2) is 34.9 Å². The fraction of sp³-hybridized carbons (Fsp3) is 0.250. The smallest absolute Gasteiger partial charge is 0.284 e. The average molecular weight is 336 g/mol. The predicted molar refractivity (Wildman–Crippen MR) is 78.0 cm³/mol. The fourth-order valence-corrected chi connectivity index (χ4v) is 2.82. The maximum Gasteiger partial charge on any atom is 0.284 e. The highest BCUT2D eigenvalue weighted by Crippen LogP contribution is 2.34. The number of nitrogens with zero attached hydrogens (tertiary/aromatic N) is 1. The normalized spacial score (nSPS) is 20.4. The number of carbonyl (C=O) groups is 2. The van der Waals surface area contributed by atoms with E-state index in [0.29, 0.717) is 5.56 Å². The Hall–Kier alpha value is -2.74. The van der Waals surface area contributed by atoms with Crippen LogP contribution in [-0.4, -0.2) is 34.5 Å². The first-order valence-electron chi connectivity index (χ1n) is 7.19. The number of likely N-dealkylation sites (tertiary alicyclic amines) is 1. The van der Waals surface area contributed by atoms with E-state index in [2.05, 4.69) is 0 Å². The maximum absolute atomic E-state index is 13.5. The van der Waals surface area contributed by atoms with E-state index in [1.807, 2.05) is 0 Å². The predicted octanol–water partition coefficient (Wildman–Crippen LogP) is 1.60. The molecule has 0 bridgehead atoms. The summed E-state index contributed by atoms with van der Waals surface area (Å²) in [4.78, 5) is 25.0. The Kier molecular flexibility index (Phi) is 4.06. The lowest BCUT2D eigenvalue weighted by atomic mass is 10.0. The van der Waals surface area contributed by atoms with Crippen LogP contribution in [0.5, 0.6) is 0 Å². The molecule has 0 saturated carbocycles. The lowest BCUT2D eigenvalue weighted by Gasteiger charge is -2.24. The van der Waals surface area contributed by atoms with Gasteiger partial charge in [-0.15, -0.1) is 0 Å². The number of carbonyl (C=O) groups excluding carboxylic acids is 2. The molecule has 6 nitrogen and oxygen atoms in total. The lowest BCUT2D eigenvalue weighted by molar-refractivity contribution is 0.0714. The van der Waals surface area contributed by atoms with Gasteiger partial charge in [0.25, 0.3) is 11.8 Å². The number of nitrogens with two attached hydrogens (primary N) is 1. The van der Waals surface area contributed by atoms with Gasteiger partial charge in [-0.25, -0.2) is 8.78 Å². The molecule has 2 amide bonds. The second kappa shape index (κ2) is 6.04. The van der Waals surface area contributed by atoms with Crippen molar-refractivity contribution in [2.24, 2.45) is 5.73 Å². The summed E-state index contributed by atoms with van der Waals surface area (Å²) in [5.74, 6) is -3.50. The Labute approximate surface area is 135 Å². The zero-order valence-electron chi connectivity index (χ0n) is 12.4. The van der Waals surface area contributed by atoms with E-state index in [4.69, 9.17) is 10.2 Å². The first kappa shape index (κ1) is 16.1. The number of aliphatic hydroxyl groups is 1. The third-order valence-electron chi connectivity index (χ3n) is 3.96. The van der Waals surface area contributed by atoms with E-state index in [9.17, 15) is 23.5 Å². The molecule has 3 rings (SSSR count). The van der Waals surface area contributed by atoms with E-state index >= 15 is 0 Å². The van der Waals surface area contributed by atoms with Gasteiger partial charge >= 0.3 is 0 Å². The first-order chi connectivity index (χ1) is 11.4. The number of aliphatic hydroxyl groups excluding tert-OH is 1. The van der Waals surface area contributed by atoms with Gasteiger partial charge in [0.1, 0.15) is 6.26 Å². The van der Waals surface area contributed by atoms with Crippen LogP contribution in [0.4, 0.5) is 8.78 Å². The number of furan rings is 1. The molecule has 24 heavy (non-hydrogen) atoms. The number of hydrogen-bond acceptors (Lipinski definition) is 4. The summed E-state index contributed by atoms with van der Waals surface area (Å²) >= 11 is 0. The van der Waals surface area contributed by atoms with Gasteiger partial charge in [0, 0.05) is 12.6 Å². The van der Waals surface area contributed by atoms with Gasteiger partial charge < -0.3 is 20.2 Å². The third kappa shape index (κ3) is 2.88. The van der Waals surface area contributed by atoms with Crippen LogP contribution in [0.1, 0.15) is 38.9 Å². The standard InChI is InChI=1S/C16H14F2N2O4/c17-11-2-1-8(3-12(11)18)13-5-10(21)6-20(13)16(23)9-4-14(15(19)22)24-7-9/h1-4,7,10,13,21H,5-6H2,(H2,19,22)/t10-,13+/m1/s1. The van der Waals surface area contributed by atoms with Gasteiger partial charge in [-0.3, -0.25) is 9.59 Å².